The van der Waals surface area contributed by atoms with Crippen LogP contribution < -0.4 is 0 Å². The van der Waals surface area contributed by atoms with Gasteiger partial charge in [0.1, 0.15) is 18.3 Å². The third kappa shape index (κ3) is 1.88. The highest BCUT2D eigenvalue weighted by Gasteiger charge is 2.56. The van der Waals surface area contributed by atoms with Crippen molar-refractivity contribution >= 4 is 0 Å². The minimum absolute atomic E-state index is 0.548. The number of aliphatic hydroxyl groups is 2. The van der Waals surface area contributed by atoms with E-state index in [9.17, 15) is 9.50 Å². The maximum atomic E-state index is 13.7. The Morgan fingerprint density at radius 1 is 1.40 bits per heavy atom. The molecule has 2 aliphatic rings. The molecular formula is C9H15FO5. The van der Waals surface area contributed by atoms with Crippen LogP contribution in [0.2, 0.25) is 0 Å². The molecule has 2 aliphatic heterocycles. The van der Waals surface area contributed by atoms with Gasteiger partial charge in [-0.1, -0.05) is 0 Å². The van der Waals surface area contributed by atoms with Crippen LogP contribution in [0.4, 0.5) is 4.39 Å². The highest BCUT2D eigenvalue weighted by Crippen LogP contribution is 2.39. The Morgan fingerprint density at radius 3 is 2.60 bits per heavy atom. The molecule has 5 atom stereocenters. The van der Waals surface area contributed by atoms with Crippen molar-refractivity contribution in [3.8, 4) is 0 Å². The van der Waals surface area contributed by atoms with Crippen LogP contribution in [0.15, 0.2) is 0 Å². The Labute approximate surface area is 86.7 Å². The SMILES string of the molecule is CC1(C)OC2[C@H](O[C@H](C(O)CO)[C@H]2F)O1. The van der Waals surface area contributed by atoms with Crippen LogP contribution in [-0.2, 0) is 14.2 Å². The fraction of sp³-hybridized carbons (Fsp3) is 1.00. The van der Waals surface area contributed by atoms with Gasteiger partial charge in [-0.25, -0.2) is 4.39 Å². The maximum absolute atomic E-state index is 13.7. The zero-order valence-corrected chi connectivity index (χ0v) is 8.59. The van der Waals surface area contributed by atoms with E-state index in [1.807, 2.05) is 0 Å². The van der Waals surface area contributed by atoms with Crippen molar-refractivity contribution in [3.05, 3.63) is 0 Å². The van der Waals surface area contributed by atoms with Crippen LogP contribution in [0.3, 0.4) is 0 Å². The van der Waals surface area contributed by atoms with E-state index in [1.165, 1.54) is 0 Å². The van der Waals surface area contributed by atoms with Gasteiger partial charge in [0, 0.05) is 0 Å². The molecule has 6 heteroatoms. The average Bonchev–Trinajstić information content (AvgIpc) is 2.60. The van der Waals surface area contributed by atoms with Gasteiger partial charge in [-0.05, 0) is 13.8 Å². The summed E-state index contributed by atoms with van der Waals surface area (Å²) < 4.78 is 29.5. The van der Waals surface area contributed by atoms with Crippen molar-refractivity contribution in [2.24, 2.45) is 0 Å². The Morgan fingerprint density at radius 2 is 2.07 bits per heavy atom. The van der Waals surface area contributed by atoms with Gasteiger partial charge in [0.2, 0.25) is 0 Å². The van der Waals surface area contributed by atoms with Crippen molar-refractivity contribution < 1.29 is 28.8 Å². The quantitative estimate of drug-likeness (QED) is 0.662. The van der Waals surface area contributed by atoms with Gasteiger partial charge in [0.15, 0.2) is 18.2 Å². The number of aliphatic hydroxyl groups excluding tert-OH is 2. The third-order valence-electron chi connectivity index (χ3n) is 2.57. The fourth-order valence-electron chi connectivity index (χ4n) is 1.90. The smallest absolute Gasteiger partial charge is 0.190 e. The van der Waals surface area contributed by atoms with E-state index in [2.05, 4.69) is 0 Å². The van der Waals surface area contributed by atoms with Crippen molar-refractivity contribution in [3.63, 3.8) is 0 Å². The monoisotopic (exact) mass is 222 g/mol. The molecule has 2 saturated heterocycles. The lowest BCUT2D eigenvalue weighted by atomic mass is 10.1. The van der Waals surface area contributed by atoms with Crippen LogP contribution in [-0.4, -0.2) is 53.4 Å². The van der Waals surface area contributed by atoms with Crippen LogP contribution >= 0.6 is 0 Å². The van der Waals surface area contributed by atoms with Gasteiger partial charge in [0.25, 0.3) is 0 Å². The molecule has 2 rings (SSSR count). The zero-order chi connectivity index (χ0) is 11.2. The van der Waals surface area contributed by atoms with E-state index < -0.39 is 43.2 Å². The molecule has 15 heavy (non-hydrogen) atoms. The lowest BCUT2D eigenvalue weighted by molar-refractivity contribution is -0.222. The highest BCUT2D eigenvalue weighted by molar-refractivity contribution is 4.95. The summed E-state index contributed by atoms with van der Waals surface area (Å²) >= 11 is 0. The van der Waals surface area contributed by atoms with E-state index >= 15 is 0 Å². The van der Waals surface area contributed by atoms with E-state index in [-0.39, 0.29) is 0 Å². The lowest BCUT2D eigenvalue weighted by Crippen LogP contribution is -2.40. The van der Waals surface area contributed by atoms with Gasteiger partial charge < -0.3 is 24.4 Å². The van der Waals surface area contributed by atoms with Crippen molar-refractivity contribution in [2.75, 3.05) is 6.61 Å². The molecule has 2 heterocycles. The summed E-state index contributed by atoms with van der Waals surface area (Å²) in [5.74, 6) is -0.866. The molecule has 0 radical (unpaired) electrons. The predicted octanol–water partition coefficient (Wildman–Crippen LogP) is -0.446. The maximum Gasteiger partial charge on any atom is 0.190 e. The molecule has 0 amide bonds. The minimum Gasteiger partial charge on any atom is -0.394 e. The van der Waals surface area contributed by atoms with Gasteiger partial charge in [-0.15, -0.1) is 0 Å². The zero-order valence-electron chi connectivity index (χ0n) is 8.59. The summed E-state index contributed by atoms with van der Waals surface area (Å²) in [6.07, 6.45) is -5.45. The first kappa shape index (κ1) is 11.2. The molecule has 2 N–H and O–H groups in total. The van der Waals surface area contributed by atoms with Crippen LogP contribution in [0.1, 0.15) is 13.8 Å². The average molecular weight is 222 g/mol. The summed E-state index contributed by atoms with van der Waals surface area (Å²) in [5, 5.41) is 18.0. The first-order valence-electron chi connectivity index (χ1n) is 4.89. The summed E-state index contributed by atoms with van der Waals surface area (Å²) in [6, 6.07) is 0. The molecular weight excluding hydrogens is 207 g/mol. The van der Waals surface area contributed by atoms with Crippen molar-refractivity contribution in [1.29, 1.82) is 0 Å². The molecule has 5 nitrogen and oxygen atoms in total. The van der Waals surface area contributed by atoms with Gasteiger partial charge in [-0.3, -0.25) is 0 Å². The van der Waals surface area contributed by atoms with E-state index in [0.717, 1.165) is 0 Å². The summed E-state index contributed by atoms with van der Waals surface area (Å²) in [4.78, 5) is 0. The first-order chi connectivity index (χ1) is 6.94. The van der Waals surface area contributed by atoms with E-state index in [0.29, 0.717) is 0 Å². The topological polar surface area (TPSA) is 68.2 Å². The third-order valence-corrected chi connectivity index (χ3v) is 2.57. The number of fused-ring (bicyclic) bond motifs is 1. The Bertz CT molecular complexity index is 247. The number of rotatable bonds is 2. The second-order valence-electron chi connectivity index (χ2n) is 4.26. The fourth-order valence-corrected chi connectivity index (χ4v) is 1.90. The van der Waals surface area contributed by atoms with Crippen LogP contribution in [0.5, 0.6) is 0 Å². The van der Waals surface area contributed by atoms with E-state index in [1.54, 1.807) is 13.8 Å². The number of hydrogen-bond acceptors (Lipinski definition) is 5. The van der Waals surface area contributed by atoms with Gasteiger partial charge in [0.05, 0.1) is 6.61 Å². The molecule has 0 aromatic rings. The van der Waals surface area contributed by atoms with Gasteiger partial charge >= 0.3 is 0 Å². The Kier molecular flexibility index (Phi) is 2.72. The molecule has 0 aliphatic carbocycles. The minimum atomic E-state index is -1.49. The highest BCUT2D eigenvalue weighted by atomic mass is 19.1. The standard InChI is InChI=1S/C9H15FO5/c1-9(2)14-7-5(10)6(4(12)3-11)13-8(7)15-9/h4-8,11-12H,3H2,1-2H3/t4?,5-,6-,7?,8-/m1/s1. The Balaban J connectivity index is 2.05. The molecule has 0 aromatic carbocycles. The summed E-state index contributed by atoms with van der Waals surface area (Å²) in [7, 11) is 0. The largest absolute Gasteiger partial charge is 0.394 e. The molecule has 0 bridgehead atoms. The molecule has 0 aromatic heterocycles. The van der Waals surface area contributed by atoms with Crippen molar-refractivity contribution in [2.45, 2.75) is 50.4 Å². The van der Waals surface area contributed by atoms with Crippen molar-refractivity contribution in [1.82, 2.24) is 0 Å². The van der Waals surface area contributed by atoms with Crippen LogP contribution in [0, 0.1) is 0 Å². The molecule has 0 saturated carbocycles. The summed E-state index contributed by atoms with van der Waals surface area (Å²) in [5.41, 5.74) is 0. The second-order valence-corrected chi connectivity index (χ2v) is 4.26. The van der Waals surface area contributed by atoms with Gasteiger partial charge in [-0.2, -0.15) is 0 Å². The van der Waals surface area contributed by atoms with Crippen LogP contribution in [0.25, 0.3) is 0 Å². The first-order valence-corrected chi connectivity index (χ1v) is 4.89. The lowest BCUT2D eigenvalue weighted by Gasteiger charge is -2.23. The predicted molar refractivity (Wildman–Crippen MR) is 46.7 cm³/mol. The number of hydrogen-bond donors (Lipinski definition) is 2. The summed E-state index contributed by atoms with van der Waals surface area (Å²) in [6.45, 7) is 2.78. The second kappa shape index (κ2) is 3.64. The molecule has 88 valence electrons. The molecule has 2 unspecified atom stereocenters. The Hall–Kier alpha value is -0.270. The molecule has 0 spiro atoms. The molecule has 2 fully saturated rings. The number of ether oxygens (including phenoxy) is 3. The number of alkyl halides is 1. The van der Waals surface area contributed by atoms with E-state index in [4.69, 9.17) is 19.3 Å². The number of halogens is 1. The normalized spacial score (nSPS) is 45.4.